The molecular weight excluding hydrogens is 492 g/mol. The zero-order valence-electron chi connectivity index (χ0n) is 21.1. The first-order valence-electron chi connectivity index (χ1n) is 11.9. The van der Waals surface area contributed by atoms with Gasteiger partial charge in [0.15, 0.2) is 23.0 Å². The summed E-state index contributed by atoms with van der Waals surface area (Å²) >= 11 is 0. The number of benzene rings is 3. The van der Waals surface area contributed by atoms with E-state index in [2.05, 4.69) is 0 Å². The average Bonchev–Trinajstić information content (AvgIpc) is 3.25. The second kappa shape index (κ2) is 12.4. The summed E-state index contributed by atoms with van der Waals surface area (Å²) in [6, 6.07) is 20.5. The molecule has 200 valence electrons. The summed E-state index contributed by atoms with van der Waals surface area (Å²) in [6.45, 7) is -0.484. The molecule has 0 bridgehead atoms. The Morgan fingerprint density at radius 3 is 2.21 bits per heavy atom. The summed E-state index contributed by atoms with van der Waals surface area (Å²) in [4.78, 5) is 12.5. The fraction of sp³-hybridized carbons (Fsp3) is 0.276. The highest BCUT2D eigenvalue weighted by Gasteiger charge is 2.52. The summed E-state index contributed by atoms with van der Waals surface area (Å²) in [6.07, 6.45) is 1.88. The number of ether oxygens (including phenoxy) is 6. The van der Waals surface area contributed by atoms with Gasteiger partial charge in [-0.25, -0.2) is 4.79 Å². The van der Waals surface area contributed by atoms with Crippen molar-refractivity contribution >= 4 is 12.0 Å². The molecule has 0 saturated carbocycles. The third-order valence-electron chi connectivity index (χ3n) is 6.09. The molecule has 0 aromatic heterocycles. The van der Waals surface area contributed by atoms with Gasteiger partial charge in [0, 0.05) is 6.08 Å². The quantitative estimate of drug-likeness (QED) is 0.287. The maximum Gasteiger partial charge on any atom is 0.330 e. The maximum absolute atomic E-state index is 12.5. The van der Waals surface area contributed by atoms with Crippen LogP contribution in [0, 0.1) is 5.92 Å². The van der Waals surface area contributed by atoms with Crippen molar-refractivity contribution in [1.29, 1.82) is 0 Å². The van der Waals surface area contributed by atoms with Crippen LogP contribution in [0.15, 0.2) is 78.9 Å². The van der Waals surface area contributed by atoms with Gasteiger partial charge in [-0.1, -0.05) is 36.4 Å². The lowest BCUT2D eigenvalue weighted by atomic mass is 9.91. The van der Waals surface area contributed by atoms with Crippen molar-refractivity contribution in [1.82, 2.24) is 0 Å². The molecule has 1 aliphatic heterocycles. The zero-order chi connectivity index (χ0) is 27.0. The number of phenolic OH excluding ortho intramolecular Hbond substituents is 1. The van der Waals surface area contributed by atoms with E-state index in [0.29, 0.717) is 28.6 Å². The van der Waals surface area contributed by atoms with Crippen molar-refractivity contribution in [2.24, 2.45) is 5.92 Å². The van der Waals surface area contributed by atoms with Crippen LogP contribution in [-0.2, 0) is 14.3 Å². The molecule has 9 heteroatoms. The third kappa shape index (κ3) is 6.56. The van der Waals surface area contributed by atoms with Crippen LogP contribution >= 0.6 is 0 Å². The molecule has 38 heavy (non-hydrogen) atoms. The van der Waals surface area contributed by atoms with Crippen molar-refractivity contribution in [3.63, 3.8) is 0 Å². The van der Waals surface area contributed by atoms with Gasteiger partial charge < -0.3 is 38.6 Å². The smallest absolute Gasteiger partial charge is 0.330 e. The number of rotatable bonds is 11. The van der Waals surface area contributed by atoms with Gasteiger partial charge in [0.2, 0.25) is 6.29 Å². The first-order chi connectivity index (χ1) is 18.4. The Hall–Kier alpha value is -4.21. The highest BCUT2D eigenvalue weighted by atomic mass is 16.7. The molecule has 3 aromatic carbocycles. The van der Waals surface area contributed by atoms with E-state index in [0.717, 1.165) is 0 Å². The SMILES string of the molecule is COc1ccccc1OCC1(O)COC(Oc2ccccc2OC)C1COC(=O)C=Cc1ccc(O)cc1. The molecule has 1 saturated heterocycles. The van der Waals surface area contributed by atoms with E-state index >= 15 is 0 Å². The topological polar surface area (TPSA) is 113 Å². The number of carbonyl (C=O) groups is 1. The summed E-state index contributed by atoms with van der Waals surface area (Å²) < 4.78 is 34.0. The van der Waals surface area contributed by atoms with E-state index in [1.165, 1.54) is 32.4 Å². The summed E-state index contributed by atoms with van der Waals surface area (Å²) in [5, 5.41) is 21.0. The van der Waals surface area contributed by atoms with Crippen LogP contribution < -0.4 is 18.9 Å². The molecule has 1 aliphatic rings. The standard InChI is InChI=1S/C29H30O9/c1-33-23-7-3-5-9-25(23)36-18-29(32)19-37-28(38-26-10-6-4-8-24(26)34-2)22(29)17-35-27(31)16-13-20-11-14-21(30)15-12-20/h3-16,22,28,30,32H,17-19H2,1-2H3. The number of aromatic hydroxyl groups is 1. The van der Waals surface area contributed by atoms with Crippen LogP contribution in [0.3, 0.4) is 0 Å². The number of hydrogen-bond acceptors (Lipinski definition) is 9. The van der Waals surface area contributed by atoms with E-state index in [-0.39, 0.29) is 25.6 Å². The number of phenols is 1. The summed E-state index contributed by atoms with van der Waals surface area (Å²) in [7, 11) is 3.05. The Kier molecular flexibility index (Phi) is 8.73. The number of para-hydroxylation sites is 4. The molecule has 2 N–H and O–H groups in total. The van der Waals surface area contributed by atoms with Gasteiger partial charge in [0.05, 0.1) is 26.7 Å². The van der Waals surface area contributed by atoms with Gasteiger partial charge in [-0.15, -0.1) is 0 Å². The second-order valence-electron chi connectivity index (χ2n) is 8.65. The number of methoxy groups -OCH3 is 2. The van der Waals surface area contributed by atoms with Crippen LogP contribution in [0.25, 0.3) is 6.08 Å². The fourth-order valence-corrected chi connectivity index (χ4v) is 3.95. The monoisotopic (exact) mass is 522 g/mol. The van der Waals surface area contributed by atoms with E-state index in [9.17, 15) is 15.0 Å². The first kappa shape index (κ1) is 26.8. The molecule has 0 spiro atoms. The normalized spacial score (nSPS) is 20.7. The molecule has 1 heterocycles. The van der Waals surface area contributed by atoms with Gasteiger partial charge >= 0.3 is 5.97 Å². The highest BCUT2D eigenvalue weighted by molar-refractivity contribution is 5.87. The molecule has 0 amide bonds. The highest BCUT2D eigenvalue weighted by Crippen LogP contribution is 2.37. The minimum absolute atomic E-state index is 0.118. The Labute approximate surface area is 220 Å². The predicted octanol–water partition coefficient (Wildman–Crippen LogP) is 3.83. The summed E-state index contributed by atoms with van der Waals surface area (Å²) in [5.74, 6) is 0.580. The van der Waals surface area contributed by atoms with Crippen molar-refractivity contribution < 1.29 is 43.4 Å². The molecule has 9 nitrogen and oxygen atoms in total. The Bertz CT molecular complexity index is 1240. The molecule has 3 unspecified atom stereocenters. The lowest BCUT2D eigenvalue weighted by molar-refractivity contribution is -0.146. The minimum atomic E-state index is -1.55. The van der Waals surface area contributed by atoms with Gasteiger partial charge in [-0.05, 0) is 48.0 Å². The summed E-state index contributed by atoms with van der Waals surface area (Å²) in [5.41, 5.74) is -0.836. The van der Waals surface area contributed by atoms with Crippen molar-refractivity contribution in [2.75, 3.05) is 34.0 Å². The van der Waals surface area contributed by atoms with Gasteiger partial charge in [0.25, 0.3) is 0 Å². The van der Waals surface area contributed by atoms with Gasteiger partial charge in [-0.3, -0.25) is 0 Å². The molecule has 1 fully saturated rings. The van der Waals surface area contributed by atoms with Gasteiger partial charge in [0.1, 0.15) is 24.6 Å². The van der Waals surface area contributed by atoms with E-state index < -0.39 is 23.8 Å². The van der Waals surface area contributed by atoms with E-state index in [1.54, 1.807) is 60.7 Å². The van der Waals surface area contributed by atoms with Crippen LogP contribution in [0.5, 0.6) is 28.7 Å². The van der Waals surface area contributed by atoms with Crippen molar-refractivity contribution in [3.05, 3.63) is 84.4 Å². The molecule has 4 rings (SSSR count). The Balaban J connectivity index is 1.49. The Morgan fingerprint density at radius 2 is 1.55 bits per heavy atom. The molecule has 0 radical (unpaired) electrons. The van der Waals surface area contributed by atoms with Crippen LogP contribution in [0.1, 0.15) is 5.56 Å². The molecular formula is C29H30O9. The molecule has 3 aromatic rings. The first-order valence-corrected chi connectivity index (χ1v) is 11.9. The predicted molar refractivity (Wildman–Crippen MR) is 138 cm³/mol. The van der Waals surface area contributed by atoms with Crippen molar-refractivity contribution in [2.45, 2.75) is 11.9 Å². The maximum atomic E-state index is 12.5. The lowest BCUT2D eigenvalue weighted by Crippen LogP contribution is -2.48. The number of hydrogen-bond donors (Lipinski definition) is 2. The largest absolute Gasteiger partial charge is 0.508 e. The zero-order valence-corrected chi connectivity index (χ0v) is 21.1. The van der Waals surface area contributed by atoms with Crippen molar-refractivity contribution in [3.8, 4) is 28.7 Å². The average molecular weight is 523 g/mol. The number of esters is 1. The minimum Gasteiger partial charge on any atom is -0.508 e. The van der Waals surface area contributed by atoms with Crippen LogP contribution in [-0.4, -0.2) is 62.1 Å². The van der Waals surface area contributed by atoms with E-state index in [1.807, 2.05) is 6.07 Å². The number of carbonyl (C=O) groups excluding carboxylic acids is 1. The van der Waals surface area contributed by atoms with E-state index in [4.69, 9.17) is 28.4 Å². The Morgan fingerprint density at radius 1 is 0.947 bits per heavy atom. The number of aliphatic hydroxyl groups is 1. The second-order valence-corrected chi connectivity index (χ2v) is 8.65. The van der Waals surface area contributed by atoms with Gasteiger partial charge in [-0.2, -0.15) is 0 Å². The molecule has 3 atom stereocenters. The fourth-order valence-electron chi connectivity index (χ4n) is 3.95. The van der Waals surface area contributed by atoms with Crippen LogP contribution in [0.4, 0.5) is 0 Å². The third-order valence-corrected chi connectivity index (χ3v) is 6.09. The lowest BCUT2D eigenvalue weighted by Gasteiger charge is -2.30. The molecule has 0 aliphatic carbocycles. The van der Waals surface area contributed by atoms with Crippen LogP contribution in [0.2, 0.25) is 0 Å².